The predicted octanol–water partition coefficient (Wildman–Crippen LogP) is 5.46. The molecule has 1 N–H and O–H groups in total. The van der Waals surface area contributed by atoms with Gasteiger partial charge in [-0.3, -0.25) is 0 Å². The summed E-state index contributed by atoms with van der Waals surface area (Å²) >= 11 is 0. The monoisotopic (exact) mass is 279 g/mol. The smallest absolute Gasteiger partial charge is 0.123 e. The molecular formula is C19H18FN. The Labute approximate surface area is 124 Å². The van der Waals surface area contributed by atoms with Gasteiger partial charge in [0.2, 0.25) is 0 Å². The van der Waals surface area contributed by atoms with Crippen LogP contribution in [0.4, 0.5) is 10.1 Å². The number of hydrogen-bond donors (Lipinski definition) is 1. The summed E-state index contributed by atoms with van der Waals surface area (Å²) in [5.74, 6) is -0.198. The molecule has 3 aromatic carbocycles. The first-order valence-corrected chi connectivity index (χ1v) is 7.15. The highest BCUT2D eigenvalue weighted by Crippen LogP contribution is 2.28. The standard InChI is InChI=1S/C19H18FN/c1-13-12-16(20)10-11-19(13)21-14(2)17-9-5-7-15-6-3-4-8-18(15)17/h3-12,14,21H,1-2H3. The van der Waals surface area contributed by atoms with Crippen LogP contribution in [0.1, 0.15) is 24.1 Å². The lowest BCUT2D eigenvalue weighted by molar-refractivity contribution is 0.626. The van der Waals surface area contributed by atoms with E-state index in [1.54, 1.807) is 12.1 Å². The fraction of sp³-hybridized carbons (Fsp3) is 0.158. The molecule has 0 aliphatic rings. The summed E-state index contributed by atoms with van der Waals surface area (Å²) in [4.78, 5) is 0. The normalized spacial score (nSPS) is 12.3. The summed E-state index contributed by atoms with van der Waals surface area (Å²) in [6, 6.07) is 19.7. The molecule has 3 aromatic rings. The van der Waals surface area contributed by atoms with Crippen molar-refractivity contribution in [2.45, 2.75) is 19.9 Å². The number of hydrogen-bond acceptors (Lipinski definition) is 1. The first-order valence-electron chi connectivity index (χ1n) is 7.15. The average molecular weight is 279 g/mol. The van der Waals surface area contributed by atoms with Gasteiger partial charge in [-0.25, -0.2) is 4.39 Å². The first-order chi connectivity index (χ1) is 10.1. The number of benzene rings is 3. The van der Waals surface area contributed by atoms with Gasteiger partial charge in [-0.15, -0.1) is 0 Å². The molecule has 0 bridgehead atoms. The molecule has 0 spiro atoms. The molecule has 3 rings (SSSR count). The summed E-state index contributed by atoms with van der Waals surface area (Å²) < 4.78 is 13.2. The third-order valence-electron chi connectivity index (χ3n) is 3.85. The van der Waals surface area contributed by atoms with Crippen molar-refractivity contribution < 1.29 is 4.39 Å². The quantitative estimate of drug-likeness (QED) is 0.671. The van der Waals surface area contributed by atoms with E-state index >= 15 is 0 Å². The number of nitrogens with one attached hydrogen (secondary N) is 1. The molecular weight excluding hydrogens is 261 g/mol. The molecule has 0 heterocycles. The molecule has 0 aliphatic heterocycles. The third kappa shape index (κ3) is 2.75. The molecule has 1 unspecified atom stereocenters. The Morgan fingerprint density at radius 3 is 2.52 bits per heavy atom. The molecule has 0 saturated heterocycles. The molecule has 0 radical (unpaired) electrons. The van der Waals surface area contributed by atoms with Gasteiger partial charge in [-0.1, -0.05) is 42.5 Å². The number of rotatable bonds is 3. The number of anilines is 1. The molecule has 0 fully saturated rings. The zero-order chi connectivity index (χ0) is 14.8. The molecule has 21 heavy (non-hydrogen) atoms. The van der Waals surface area contributed by atoms with Gasteiger partial charge < -0.3 is 5.32 Å². The van der Waals surface area contributed by atoms with E-state index in [9.17, 15) is 4.39 Å². The van der Waals surface area contributed by atoms with Gasteiger partial charge in [0.15, 0.2) is 0 Å². The number of aryl methyl sites for hydroxylation is 1. The lowest BCUT2D eigenvalue weighted by Crippen LogP contribution is -2.08. The van der Waals surface area contributed by atoms with Crippen LogP contribution in [-0.2, 0) is 0 Å². The topological polar surface area (TPSA) is 12.0 Å². The zero-order valence-electron chi connectivity index (χ0n) is 12.2. The maximum absolute atomic E-state index is 13.2. The van der Waals surface area contributed by atoms with Crippen LogP contribution in [0.15, 0.2) is 60.7 Å². The van der Waals surface area contributed by atoms with Gasteiger partial charge in [0, 0.05) is 11.7 Å². The Bertz CT molecular complexity index is 774. The second kappa shape index (κ2) is 5.57. The minimum atomic E-state index is -0.198. The van der Waals surface area contributed by atoms with Crippen LogP contribution in [0.25, 0.3) is 10.8 Å². The fourth-order valence-electron chi connectivity index (χ4n) is 2.73. The van der Waals surface area contributed by atoms with Crippen LogP contribution in [0, 0.1) is 12.7 Å². The van der Waals surface area contributed by atoms with Crippen LogP contribution in [0.2, 0.25) is 0 Å². The maximum atomic E-state index is 13.2. The Balaban J connectivity index is 1.95. The highest BCUT2D eigenvalue weighted by Gasteiger charge is 2.10. The second-order valence-corrected chi connectivity index (χ2v) is 5.39. The average Bonchev–Trinajstić information content (AvgIpc) is 2.49. The number of halogens is 1. The molecule has 2 heteroatoms. The Kier molecular flexibility index (Phi) is 3.61. The Hall–Kier alpha value is -2.35. The summed E-state index contributed by atoms with van der Waals surface area (Å²) in [6.45, 7) is 4.05. The lowest BCUT2D eigenvalue weighted by Gasteiger charge is -2.19. The van der Waals surface area contributed by atoms with Gasteiger partial charge in [0.25, 0.3) is 0 Å². The van der Waals surface area contributed by atoms with E-state index in [-0.39, 0.29) is 11.9 Å². The van der Waals surface area contributed by atoms with E-state index in [1.807, 2.05) is 13.0 Å². The van der Waals surface area contributed by atoms with Crippen molar-refractivity contribution in [2.75, 3.05) is 5.32 Å². The Morgan fingerprint density at radius 1 is 0.952 bits per heavy atom. The lowest BCUT2D eigenvalue weighted by atomic mass is 9.99. The summed E-state index contributed by atoms with van der Waals surface area (Å²) in [5.41, 5.74) is 3.13. The van der Waals surface area contributed by atoms with Crippen molar-refractivity contribution in [2.24, 2.45) is 0 Å². The van der Waals surface area contributed by atoms with E-state index < -0.39 is 0 Å². The predicted molar refractivity (Wildman–Crippen MR) is 87.1 cm³/mol. The summed E-state index contributed by atoms with van der Waals surface area (Å²) in [6.07, 6.45) is 0. The maximum Gasteiger partial charge on any atom is 0.123 e. The fourth-order valence-corrected chi connectivity index (χ4v) is 2.73. The highest BCUT2D eigenvalue weighted by molar-refractivity contribution is 5.86. The van der Waals surface area contributed by atoms with Crippen molar-refractivity contribution in [1.29, 1.82) is 0 Å². The minimum Gasteiger partial charge on any atom is -0.378 e. The van der Waals surface area contributed by atoms with Crippen LogP contribution in [0.5, 0.6) is 0 Å². The first kappa shape index (κ1) is 13.6. The molecule has 1 atom stereocenters. The van der Waals surface area contributed by atoms with E-state index in [0.717, 1.165) is 11.3 Å². The van der Waals surface area contributed by atoms with Crippen LogP contribution >= 0.6 is 0 Å². The van der Waals surface area contributed by atoms with Crippen molar-refractivity contribution in [3.8, 4) is 0 Å². The third-order valence-corrected chi connectivity index (χ3v) is 3.85. The molecule has 0 aliphatic carbocycles. The van der Waals surface area contributed by atoms with Crippen molar-refractivity contribution in [1.82, 2.24) is 0 Å². The molecule has 1 nitrogen and oxygen atoms in total. The van der Waals surface area contributed by atoms with Crippen molar-refractivity contribution in [3.63, 3.8) is 0 Å². The minimum absolute atomic E-state index is 0.153. The molecule has 0 amide bonds. The largest absolute Gasteiger partial charge is 0.378 e. The number of fused-ring (bicyclic) bond motifs is 1. The zero-order valence-corrected chi connectivity index (χ0v) is 12.2. The van der Waals surface area contributed by atoms with E-state index in [1.165, 1.54) is 22.4 Å². The van der Waals surface area contributed by atoms with Crippen LogP contribution in [0.3, 0.4) is 0 Å². The molecule has 0 saturated carbocycles. The van der Waals surface area contributed by atoms with Gasteiger partial charge in [0.05, 0.1) is 0 Å². The van der Waals surface area contributed by atoms with E-state index in [4.69, 9.17) is 0 Å². The van der Waals surface area contributed by atoms with Gasteiger partial charge in [-0.2, -0.15) is 0 Å². The summed E-state index contributed by atoms with van der Waals surface area (Å²) in [7, 11) is 0. The molecule has 106 valence electrons. The Morgan fingerprint density at radius 2 is 1.71 bits per heavy atom. The summed E-state index contributed by atoms with van der Waals surface area (Å²) in [5, 5.41) is 5.96. The molecule has 0 aromatic heterocycles. The van der Waals surface area contributed by atoms with E-state index in [0.29, 0.717) is 0 Å². The van der Waals surface area contributed by atoms with Crippen molar-refractivity contribution >= 4 is 16.5 Å². The van der Waals surface area contributed by atoms with Crippen LogP contribution in [-0.4, -0.2) is 0 Å². The van der Waals surface area contributed by atoms with Crippen molar-refractivity contribution in [3.05, 3.63) is 77.6 Å². The van der Waals surface area contributed by atoms with Gasteiger partial charge in [-0.05, 0) is 53.9 Å². The van der Waals surface area contributed by atoms with E-state index in [2.05, 4.69) is 48.6 Å². The van der Waals surface area contributed by atoms with Gasteiger partial charge >= 0.3 is 0 Å². The van der Waals surface area contributed by atoms with Crippen LogP contribution < -0.4 is 5.32 Å². The van der Waals surface area contributed by atoms with Gasteiger partial charge in [0.1, 0.15) is 5.82 Å². The highest BCUT2D eigenvalue weighted by atomic mass is 19.1. The second-order valence-electron chi connectivity index (χ2n) is 5.39. The SMILES string of the molecule is Cc1cc(F)ccc1NC(C)c1cccc2ccccc12.